The van der Waals surface area contributed by atoms with Gasteiger partial charge in [-0.2, -0.15) is 0 Å². The molecule has 1 aromatic rings. The minimum atomic E-state index is -0.0158. The van der Waals surface area contributed by atoms with Crippen molar-refractivity contribution in [2.45, 2.75) is 13.0 Å². The number of nitrogens with zero attached hydrogens (tertiary/aromatic N) is 1. The fraction of sp³-hybridized carbons (Fsp3) is 0.571. The van der Waals surface area contributed by atoms with Gasteiger partial charge < -0.3 is 20.1 Å². The van der Waals surface area contributed by atoms with Crippen molar-refractivity contribution in [1.29, 1.82) is 0 Å². The van der Waals surface area contributed by atoms with Gasteiger partial charge in [-0.05, 0) is 24.6 Å². The molecule has 0 aliphatic heterocycles. The van der Waals surface area contributed by atoms with Gasteiger partial charge in [-0.15, -0.1) is 0 Å². The average Bonchev–Trinajstić information content (AvgIpc) is 2.39. The number of ether oxygens (including phenoxy) is 2. The molecule has 0 heterocycles. The van der Waals surface area contributed by atoms with Crippen LogP contribution in [-0.2, 0) is 9.47 Å². The molecule has 0 saturated carbocycles. The van der Waals surface area contributed by atoms with Crippen LogP contribution in [0.2, 0.25) is 5.02 Å². The summed E-state index contributed by atoms with van der Waals surface area (Å²) in [7, 11) is 3.38. The Morgan fingerprint density at radius 1 is 1.21 bits per heavy atom. The fourth-order valence-electron chi connectivity index (χ4n) is 1.82. The summed E-state index contributed by atoms with van der Waals surface area (Å²) in [6.45, 7) is 4.79. The summed E-state index contributed by atoms with van der Waals surface area (Å²) >= 11 is 6.35. The fourth-order valence-corrected chi connectivity index (χ4v) is 2.13. The lowest BCUT2D eigenvalue weighted by Gasteiger charge is -2.25. The van der Waals surface area contributed by atoms with Crippen LogP contribution in [0.4, 0.5) is 5.69 Å². The van der Waals surface area contributed by atoms with E-state index in [1.807, 2.05) is 25.1 Å². The van der Waals surface area contributed by atoms with Crippen molar-refractivity contribution in [3.05, 3.63) is 28.8 Å². The Kier molecular flexibility index (Phi) is 7.16. The number of benzene rings is 1. The molecule has 0 aliphatic carbocycles. The van der Waals surface area contributed by atoms with Gasteiger partial charge in [0.25, 0.3) is 0 Å². The van der Waals surface area contributed by atoms with E-state index >= 15 is 0 Å². The Morgan fingerprint density at radius 2 is 1.79 bits per heavy atom. The number of methoxy groups -OCH3 is 2. The molecule has 0 radical (unpaired) electrons. The number of nitrogens with two attached hydrogens (primary N) is 1. The third-order valence-electron chi connectivity index (χ3n) is 2.97. The van der Waals surface area contributed by atoms with Crippen LogP contribution in [0, 0.1) is 0 Å². The van der Waals surface area contributed by atoms with Crippen molar-refractivity contribution in [1.82, 2.24) is 0 Å². The molecular formula is C14H23ClN2O2. The predicted octanol–water partition coefficient (Wildman–Crippen LogP) is 2.46. The van der Waals surface area contributed by atoms with Gasteiger partial charge in [-0.1, -0.05) is 17.7 Å². The molecule has 108 valence electrons. The molecule has 0 bridgehead atoms. The highest BCUT2D eigenvalue weighted by atomic mass is 35.5. The third kappa shape index (κ3) is 4.99. The molecule has 0 fully saturated rings. The summed E-state index contributed by atoms with van der Waals surface area (Å²) in [4.78, 5) is 2.15. The van der Waals surface area contributed by atoms with Crippen molar-refractivity contribution >= 4 is 17.3 Å². The highest BCUT2D eigenvalue weighted by Crippen LogP contribution is 2.28. The maximum Gasteiger partial charge on any atom is 0.0642 e. The van der Waals surface area contributed by atoms with Crippen molar-refractivity contribution < 1.29 is 9.47 Å². The van der Waals surface area contributed by atoms with Crippen molar-refractivity contribution in [2.75, 3.05) is 45.4 Å². The molecule has 0 saturated heterocycles. The van der Waals surface area contributed by atoms with Gasteiger partial charge in [-0.3, -0.25) is 0 Å². The van der Waals surface area contributed by atoms with Crippen LogP contribution >= 0.6 is 11.6 Å². The van der Waals surface area contributed by atoms with Crippen LogP contribution < -0.4 is 10.6 Å². The van der Waals surface area contributed by atoms with Crippen molar-refractivity contribution in [2.24, 2.45) is 5.73 Å². The Labute approximate surface area is 120 Å². The van der Waals surface area contributed by atoms with E-state index < -0.39 is 0 Å². The summed E-state index contributed by atoms with van der Waals surface area (Å²) in [6.07, 6.45) is 0. The molecule has 5 heteroatoms. The zero-order valence-electron chi connectivity index (χ0n) is 11.9. The number of rotatable bonds is 8. The van der Waals surface area contributed by atoms with E-state index in [1.165, 1.54) is 0 Å². The van der Waals surface area contributed by atoms with Crippen molar-refractivity contribution in [3.8, 4) is 0 Å². The largest absolute Gasteiger partial charge is 0.383 e. The number of halogens is 1. The molecule has 0 spiro atoms. The van der Waals surface area contributed by atoms with Crippen LogP contribution in [0.5, 0.6) is 0 Å². The van der Waals surface area contributed by atoms with Crippen LogP contribution in [0.1, 0.15) is 18.5 Å². The monoisotopic (exact) mass is 286 g/mol. The first-order valence-electron chi connectivity index (χ1n) is 6.38. The first-order chi connectivity index (χ1) is 9.10. The van der Waals surface area contributed by atoms with Gasteiger partial charge >= 0.3 is 0 Å². The molecule has 0 aromatic heterocycles. The molecule has 1 atom stereocenters. The van der Waals surface area contributed by atoms with E-state index in [2.05, 4.69) is 4.90 Å². The second-order valence-corrected chi connectivity index (χ2v) is 4.88. The van der Waals surface area contributed by atoms with E-state index in [1.54, 1.807) is 14.2 Å². The summed E-state index contributed by atoms with van der Waals surface area (Å²) in [5.41, 5.74) is 7.88. The molecule has 1 aromatic carbocycles. The lowest BCUT2D eigenvalue weighted by atomic mass is 10.1. The van der Waals surface area contributed by atoms with E-state index in [4.69, 9.17) is 26.8 Å². The second kappa shape index (κ2) is 8.38. The molecular weight excluding hydrogens is 264 g/mol. The highest BCUT2D eigenvalue weighted by Gasteiger charge is 2.11. The van der Waals surface area contributed by atoms with Gasteiger partial charge in [0.1, 0.15) is 0 Å². The summed E-state index contributed by atoms with van der Waals surface area (Å²) in [5.74, 6) is 0. The van der Waals surface area contributed by atoms with Crippen LogP contribution in [-0.4, -0.2) is 40.5 Å². The third-order valence-corrected chi connectivity index (χ3v) is 3.27. The topological polar surface area (TPSA) is 47.7 Å². The lowest BCUT2D eigenvalue weighted by Crippen LogP contribution is -2.30. The summed E-state index contributed by atoms with van der Waals surface area (Å²) in [6, 6.07) is 5.93. The second-order valence-electron chi connectivity index (χ2n) is 4.47. The zero-order valence-corrected chi connectivity index (χ0v) is 12.6. The quantitative estimate of drug-likeness (QED) is 0.797. The smallest absolute Gasteiger partial charge is 0.0642 e. The predicted molar refractivity (Wildman–Crippen MR) is 80.0 cm³/mol. The van der Waals surface area contributed by atoms with E-state index in [9.17, 15) is 0 Å². The number of anilines is 1. The molecule has 2 N–H and O–H groups in total. The van der Waals surface area contributed by atoms with Crippen molar-refractivity contribution in [3.63, 3.8) is 0 Å². The Bertz CT molecular complexity index is 378. The molecule has 0 amide bonds. The number of hydrogen-bond acceptors (Lipinski definition) is 4. The van der Waals surface area contributed by atoms with Crippen LogP contribution in [0.25, 0.3) is 0 Å². The summed E-state index contributed by atoms with van der Waals surface area (Å²) in [5, 5.41) is 0.710. The highest BCUT2D eigenvalue weighted by molar-refractivity contribution is 6.33. The molecule has 19 heavy (non-hydrogen) atoms. The van der Waals surface area contributed by atoms with Gasteiger partial charge in [0.2, 0.25) is 0 Å². The minimum absolute atomic E-state index is 0.0158. The van der Waals surface area contributed by atoms with E-state index in [0.29, 0.717) is 18.2 Å². The Balaban J connectivity index is 2.87. The maximum atomic E-state index is 6.35. The number of hydrogen-bond donors (Lipinski definition) is 1. The molecule has 4 nitrogen and oxygen atoms in total. The van der Waals surface area contributed by atoms with E-state index in [0.717, 1.165) is 24.3 Å². The summed E-state index contributed by atoms with van der Waals surface area (Å²) < 4.78 is 10.3. The first kappa shape index (κ1) is 16.2. The van der Waals surface area contributed by atoms with Crippen LogP contribution in [0.15, 0.2) is 18.2 Å². The molecule has 0 aliphatic rings. The Hall–Kier alpha value is -0.810. The average molecular weight is 287 g/mol. The minimum Gasteiger partial charge on any atom is -0.383 e. The standard InChI is InChI=1S/C14H23ClN2O2/c1-11(16)12-4-5-14(13(15)10-12)17(6-8-18-2)7-9-19-3/h4-5,10-11H,6-9,16H2,1-3H3. The maximum absolute atomic E-state index is 6.35. The van der Waals surface area contributed by atoms with Gasteiger partial charge in [-0.25, -0.2) is 0 Å². The van der Waals surface area contributed by atoms with E-state index in [-0.39, 0.29) is 6.04 Å². The Morgan fingerprint density at radius 3 is 2.21 bits per heavy atom. The zero-order chi connectivity index (χ0) is 14.3. The molecule has 1 unspecified atom stereocenters. The normalized spacial score (nSPS) is 12.5. The molecule has 1 rings (SSSR count). The SMILES string of the molecule is COCCN(CCOC)c1ccc(C(C)N)cc1Cl. The van der Waals surface area contributed by atoms with Gasteiger partial charge in [0.15, 0.2) is 0 Å². The van der Waals surface area contributed by atoms with Gasteiger partial charge in [0.05, 0.1) is 23.9 Å². The van der Waals surface area contributed by atoms with Gasteiger partial charge in [0, 0.05) is 33.4 Å². The van der Waals surface area contributed by atoms with Crippen LogP contribution in [0.3, 0.4) is 0 Å². The first-order valence-corrected chi connectivity index (χ1v) is 6.75. The lowest BCUT2D eigenvalue weighted by molar-refractivity contribution is 0.190.